The SMILES string of the molecule is CC(C)(C)c1ccc(N2c3ccc(C(C)(C)C)cc3B(c3cc4cc5c(cc4s3)C(C)(C)CCC5(C)C)c3ccc(N(c4ccccc4)c4ccc(C(C)(C)c5ccccc5)cc4)cc32)cc1. The summed E-state index contributed by atoms with van der Waals surface area (Å²) >= 11 is 2.00. The Bertz CT molecular complexity index is 3050. The fraction of sp³-hybridized carbons (Fsp3) is 0.302. The summed E-state index contributed by atoms with van der Waals surface area (Å²) in [5, 5.41) is 1.37. The summed E-state index contributed by atoms with van der Waals surface area (Å²) in [6.07, 6.45) is 2.42. The van der Waals surface area contributed by atoms with Crippen LogP contribution in [0.25, 0.3) is 10.1 Å². The smallest absolute Gasteiger partial charge is 0.259 e. The second-order valence-corrected chi connectivity index (χ2v) is 24.5. The van der Waals surface area contributed by atoms with Crippen molar-refractivity contribution in [3.05, 3.63) is 197 Å². The minimum absolute atomic E-state index is 0.0126. The third-order valence-electron chi connectivity index (χ3n) is 15.4. The monoisotopic (exact) mass is 895 g/mol. The van der Waals surface area contributed by atoms with E-state index in [0.29, 0.717) is 0 Å². The molecule has 0 amide bonds. The molecule has 338 valence electrons. The zero-order valence-electron chi connectivity index (χ0n) is 41.9. The van der Waals surface area contributed by atoms with Gasteiger partial charge in [-0.3, -0.25) is 0 Å². The Kier molecular flexibility index (Phi) is 10.8. The number of thiophene rings is 1. The molecule has 0 saturated heterocycles. The van der Waals surface area contributed by atoms with Crippen LogP contribution < -0.4 is 25.5 Å². The van der Waals surface area contributed by atoms with Crippen LogP contribution in [0.5, 0.6) is 0 Å². The Balaban J connectivity index is 1.19. The van der Waals surface area contributed by atoms with E-state index in [2.05, 4.69) is 257 Å². The fourth-order valence-corrected chi connectivity index (χ4v) is 12.1. The van der Waals surface area contributed by atoms with Crippen molar-refractivity contribution in [2.45, 2.75) is 123 Å². The summed E-state index contributed by atoms with van der Waals surface area (Å²) in [4.78, 5) is 4.98. The third-order valence-corrected chi connectivity index (χ3v) is 16.6. The molecule has 4 heteroatoms. The summed E-state index contributed by atoms with van der Waals surface area (Å²) in [6, 6.07) is 62.6. The highest BCUT2D eigenvalue weighted by atomic mass is 32.1. The molecule has 2 nitrogen and oxygen atoms in total. The van der Waals surface area contributed by atoms with E-state index in [1.807, 2.05) is 11.3 Å². The average molecular weight is 895 g/mol. The third kappa shape index (κ3) is 8.03. The van der Waals surface area contributed by atoms with Gasteiger partial charge in [-0.25, -0.2) is 0 Å². The van der Waals surface area contributed by atoms with Gasteiger partial charge in [0.25, 0.3) is 6.71 Å². The van der Waals surface area contributed by atoms with E-state index in [4.69, 9.17) is 0 Å². The number of benzene rings is 7. The summed E-state index contributed by atoms with van der Waals surface area (Å²) in [5.74, 6) is 0. The Morgan fingerprint density at radius 2 is 1.01 bits per heavy atom. The van der Waals surface area contributed by atoms with E-state index in [1.165, 1.54) is 89.1 Å². The maximum atomic E-state index is 2.56. The predicted octanol–water partition coefficient (Wildman–Crippen LogP) is 15.9. The summed E-state index contributed by atoms with van der Waals surface area (Å²) in [5.41, 5.74) is 18.2. The molecule has 7 aromatic carbocycles. The minimum atomic E-state index is -0.139. The van der Waals surface area contributed by atoms with Crippen LogP contribution in [0.1, 0.15) is 129 Å². The molecule has 0 radical (unpaired) electrons. The number of anilines is 6. The molecule has 67 heavy (non-hydrogen) atoms. The van der Waals surface area contributed by atoms with Crippen molar-refractivity contribution in [1.29, 1.82) is 0 Å². The summed E-state index contributed by atoms with van der Waals surface area (Å²) < 4.78 is 2.79. The van der Waals surface area contributed by atoms with Gasteiger partial charge >= 0.3 is 0 Å². The van der Waals surface area contributed by atoms with Crippen molar-refractivity contribution in [3.63, 3.8) is 0 Å². The molecular formula is C63H67BN2S. The molecule has 1 aliphatic carbocycles. The lowest BCUT2D eigenvalue weighted by molar-refractivity contribution is 0.332. The lowest BCUT2D eigenvalue weighted by Gasteiger charge is -2.41. The van der Waals surface area contributed by atoms with Gasteiger partial charge in [-0.15, -0.1) is 11.3 Å². The molecule has 10 rings (SSSR count). The van der Waals surface area contributed by atoms with Crippen molar-refractivity contribution >= 4 is 78.0 Å². The van der Waals surface area contributed by atoms with E-state index >= 15 is 0 Å². The normalized spacial score (nSPS) is 15.5. The van der Waals surface area contributed by atoms with Gasteiger partial charge in [0.15, 0.2) is 0 Å². The molecule has 1 aromatic heterocycles. The maximum absolute atomic E-state index is 2.56. The highest BCUT2D eigenvalue weighted by Crippen LogP contribution is 2.48. The van der Waals surface area contributed by atoms with Gasteiger partial charge in [0.1, 0.15) is 0 Å². The molecule has 0 spiro atoms. The van der Waals surface area contributed by atoms with Crippen LogP contribution in [0.2, 0.25) is 0 Å². The number of fused-ring (bicyclic) bond motifs is 4. The first-order valence-electron chi connectivity index (χ1n) is 24.5. The second-order valence-electron chi connectivity index (χ2n) is 23.4. The second kappa shape index (κ2) is 16.2. The topological polar surface area (TPSA) is 6.48 Å². The first-order valence-corrected chi connectivity index (χ1v) is 25.3. The predicted molar refractivity (Wildman–Crippen MR) is 294 cm³/mol. The van der Waals surface area contributed by atoms with Crippen molar-refractivity contribution in [2.75, 3.05) is 9.80 Å². The number of nitrogens with zero attached hydrogens (tertiary/aromatic N) is 2. The largest absolute Gasteiger partial charge is 0.311 e. The molecule has 2 aliphatic rings. The van der Waals surface area contributed by atoms with Crippen LogP contribution >= 0.6 is 11.3 Å². The molecule has 0 saturated carbocycles. The zero-order chi connectivity index (χ0) is 47.3. The van der Waals surface area contributed by atoms with Gasteiger partial charge in [0.2, 0.25) is 0 Å². The molecule has 2 heterocycles. The highest BCUT2D eigenvalue weighted by molar-refractivity contribution is 7.32. The van der Waals surface area contributed by atoms with E-state index in [-0.39, 0.29) is 33.8 Å². The van der Waals surface area contributed by atoms with Gasteiger partial charge in [-0.2, -0.15) is 0 Å². The molecule has 8 aromatic rings. The van der Waals surface area contributed by atoms with E-state index in [9.17, 15) is 0 Å². The molecule has 0 fully saturated rings. The Hall–Kier alpha value is -5.84. The van der Waals surface area contributed by atoms with Crippen molar-refractivity contribution in [3.8, 4) is 0 Å². The Labute approximate surface area is 405 Å². The quantitative estimate of drug-likeness (QED) is 0.147. The molecule has 0 unspecified atom stereocenters. The first kappa shape index (κ1) is 45.0. The standard InChI is InChI=1S/C63H67BN2S/c1-59(2,3)43-23-28-49(29-24-43)66-55-34-27-46(60(4,5)6)39-54(55)64(58-38-42-37-51-52(41-57(42)67-58)62(9,10)36-35-61(51,7)8)53-33-32-50(40-56(53)66)65(47-21-17-14-18-22-47)48-30-25-45(26-31-48)63(11,12)44-19-15-13-16-20-44/h13-34,37-41H,35-36H2,1-12H3. The number of hydrogen-bond donors (Lipinski definition) is 0. The Morgan fingerprint density at radius 3 is 1.64 bits per heavy atom. The van der Waals surface area contributed by atoms with Gasteiger partial charge in [-0.1, -0.05) is 174 Å². The molecule has 1 aliphatic heterocycles. The lowest BCUT2D eigenvalue weighted by Crippen LogP contribution is -2.56. The lowest BCUT2D eigenvalue weighted by atomic mass is 9.37. The fourth-order valence-electron chi connectivity index (χ4n) is 10.9. The summed E-state index contributed by atoms with van der Waals surface area (Å²) in [7, 11) is 0. The average Bonchev–Trinajstić information content (AvgIpc) is 3.72. The van der Waals surface area contributed by atoms with E-state index in [0.717, 1.165) is 17.1 Å². The molecule has 0 atom stereocenters. The Morgan fingerprint density at radius 1 is 0.478 bits per heavy atom. The van der Waals surface area contributed by atoms with E-state index < -0.39 is 0 Å². The van der Waals surface area contributed by atoms with Gasteiger partial charge in [-0.05, 0) is 162 Å². The number of hydrogen-bond acceptors (Lipinski definition) is 3. The number of rotatable bonds is 7. The van der Waals surface area contributed by atoms with Crippen LogP contribution in [0.3, 0.4) is 0 Å². The number of para-hydroxylation sites is 1. The molecule has 0 bridgehead atoms. The van der Waals surface area contributed by atoms with Crippen LogP contribution in [0.15, 0.2) is 164 Å². The first-order chi connectivity index (χ1) is 31.7. The zero-order valence-corrected chi connectivity index (χ0v) is 42.7. The molecule has 0 N–H and O–H groups in total. The van der Waals surface area contributed by atoms with Crippen molar-refractivity contribution < 1.29 is 0 Å². The maximum Gasteiger partial charge on any atom is 0.259 e. The van der Waals surface area contributed by atoms with Crippen molar-refractivity contribution in [2.24, 2.45) is 0 Å². The van der Waals surface area contributed by atoms with Crippen LogP contribution in [-0.2, 0) is 27.1 Å². The van der Waals surface area contributed by atoms with Crippen LogP contribution in [0.4, 0.5) is 34.1 Å². The minimum Gasteiger partial charge on any atom is -0.311 e. The highest BCUT2D eigenvalue weighted by Gasteiger charge is 2.40. The van der Waals surface area contributed by atoms with E-state index in [1.54, 1.807) is 0 Å². The summed E-state index contributed by atoms with van der Waals surface area (Å²) in [6.45, 7) is 28.4. The van der Waals surface area contributed by atoms with Crippen LogP contribution in [-0.4, -0.2) is 6.71 Å². The van der Waals surface area contributed by atoms with Gasteiger partial charge in [0, 0.05) is 44.2 Å². The van der Waals surface area contributed by atoms with Gasteiger partial charge in [0.05, 0.1) is 0 Å². The molecular weight excluding hydrogens is 828 g/mol. The van der Waals surface area contributed by atoms with Crippen molar-refractivity contribution in [1.82, 2.24) is 0 Å². The van der Waals surface area contributed by atoms with Gasteiger partial charge < -0.3 is 9.80 Å². The van der Waals surface area contributed by atoms with Crippen LogP contribution in [0, 0.1) is 0 Å².